The summed E-state index contributed by atoms with van der Waals surface area (Å²) in [6.45, 7) is 3.55. The number of rotatable bonds is 5. The highest BCUT2D eigenvalue weighted by Gasteiger charge is 2.38. The van der Waals surface area contributed by atoms with Crippen LogP contribution in [0.4, 0.5) is 10.5 Å². The smallest absolute Gasteiger partial charge is 0.321 e. The number of likely N-dealkylation sites (N-methyl/N-ethyl adjacent to an activating group) is 1. The third-order valence-electron chi connectivity index (χ3n) is 6.62. The number of aliphatic hydroxyl groups excluding tert-OH is 1. The maximum atomic E-state index is 13.7. The van der Waals surface area contributed by atoms with Crippen LogP contribution in [0.2, 0.25) is 0 Å². The highest BCUT2D eigenvalue weighted by molar-refractivity contribution is 7.89. The number of anilines is 1. The number of carbonyl (C=O) groups is 1. The molecule has 9 heteroatoms. The predicted octanol–water partition coefficient (Wildman–Crippen LogP) is 4.02. The van der Waals surface area contributed by atoms with E-state index >= 15 is 0 Å². The van der Waals surface area contributed by atoms with Gasteiger partial charge in [-0.05, 0) is 49.4 Å². The zero-order valence-electron chi connectivity index (χ0n) is 22.2. The number of para-hydroxylation sites is 1. The van der Waals surface area contributed by atoms with Gasteiger partial charge in [0.1, 0.15) is 16.7 Å². The Labute approximate surface area is 230 Å². The molecule has 1 aliphatic rings. The number of aliphatic hydroxyl groups is 1. The number of fused-ring (bicyclic) bond motifs is 1. The van der Waals surface area contributed by atoms with Crippen molar-refractivity contribution in [1.82, 2.24) is 9.21 Å². The van der Waals surface area contributed by atoms with Crippen LogP contribution in [0.1, 0.15) is 25.0 Å². The molecule has 0 bridgehead atoms. The van der Waals surface area contributed by atoms with Gasteiger partial charge in [0, 0.05) is 42.4 Å². The van der Waals surface area contributed by atoms with Crippen molar-refractivity contribution in [1.29, 1.82) is 0 Å². The van der Waals surface area contributed by atoms with Gasteiger partial charge in [0.05, 0.1) is 13.2 Å². The molecular weight excluding hydrogens is 514 g/mol. The molecular formula is C30H33N3O5S. The van der Waals surface area contributed by atoms with Crippen molar-refractivity contribution in [2.75, 3.05) is 32.1 Å². The maximum Gasteiger partial charge on any atom is 0.321 e. The van der Waals surface area contributed by atoms with E-state index in [9.17, 15) is 18.3 Å². The number of urea groups is 1. The Morgan fingerprint density at radius 2 is 1.72 bits per heavy atom. The van der Waals surface area contributed by atoms with Gasteiger partial charge in [0.2, 0.25) is 10.0 Å². The first-order chi connectivity index (χ1) is 18.7. The summed E-state index contributed by atoms with van der Waals surface area (Å²) in [5.74, 6) is 6.03. The summed E-state index contributed by atoms with van der Waals surface area (Å²) in [5.41, 5.74) is 2.09. The molecule has 0 aliphatic carbocycles. The van der Waals surface area contributed by atoms with E-state index in [-0.39, 0.29) is 42.3 Å². The molecule has 2 N–H and O–H groups in total. The van der Waals surface area contributed by atoms with Crippen LogP contribution < -0.4 is 10.1 Å². The molecule has 0 fully saturated rings. The zero-order valence-corrected chi connectivity index (χ0v) is 23.1. The summed E-state index contributed by atoms with van der Waals surface area (Å²) in [4.78, 5) is 14.4. The van der Waals surface area contributed by atoms with Crippen LogP contribution in [-0.2, 0) is 10.0 Å². The first-order valence-electron chi connectivity index (χ1n) is 12.8. The van der Waals surface area contributed by atoms with Crippen LogP contribution in [0.5, 0.6) is 5.75 Å². The van der Waals surface area contributed by atoms with E-state index in [1.807, 2.05) is 55.5 Å². The summed E-state index contributed by atoms with van der Waals surface area (Å²) in [7, 11) is -2.31. The van der Waals surface area contributed by atoms with Crippen LogP contribution in [0.15, 0.2) is 83.8 Å². The van der Waals surface area contributed by atoms with Crippen LogP contribution in [0, 0.1) is 17.8 Å². The molecule has 0 spiro atoms. The van der Waals surface area contributed by atoms with E-state index in [2.05, 4.69) is 17.2 Å². The normalized spacial score (nSPS) is 19.2. The summed E-state index contributed by atoms with van der Waals surface area (Å²) in [6.07, 6.45) is -0.531. The molecule has 0 unspecified atom stereocenters. The largest absolute Gasteiger partial charge is 0.487 e. The molecule has 204 valence electrons. The minimum Gasteiger partial charge on any atom is -0.487 e. The lowest BCUT2D eigenvalue weighted by molar-refractivity contribution is 0.0830. The molecule has 0 saturated heterocycles. The Kier molecular flexibility index (Phi) is 8.92. The van der Waals surface area contributed by atoms with E-state index in [1.54, 1.807) is 38.2 Å². The highest BCUT2D eigenvalue weighted by Crippen LogP contribution is 2.34. The summed E-state index contributed by atoms with van der Waals surface area (Å²) >= 11 is 0. The van der Waals surface area contributed by atoms with Gasteiger partial charge in [-0.25, -0.2) is 13.2 Å². The van der Waals surface area contributed by atoms with E-state index in [0.29, 0.717) is 11.3 Å². The van der Waals surface area contributed by atoms with Gasteiger partial charge >= 0.3 is 6.03 Å². The third kappa shape index (κ3) is 6.79. The molecule has 8 nitrogen and oxygen atoms in total. The highest BCUT2D eigenvalue weighted by atomic mass is 32.2. The second-order valence-corrected chi connectivity index (χ2v) is 11.6. The molecule has 0 radical (unpaired) electrons. The average molecular weight is 548 g/mol. The molecule has 3 aromatic rings. The Morgan fingerprint density at radius 3 is 2.38 bits per heavy atom. The molecule has 39 heavy (non-hydrogen) atoms. The fraction of sp³-hybridized carbons (Fsp3) is 0.300. The Bertz CT molecular complexity index is 1450. The van der Waals surface area contributed by atoms with Crippen molar-refractivity contribution in [2.45, 2.75) is 30.9 Å². The molecule has 0 saturated carbocycles. The first kappa shape index (κ1) is 28.2. The quantitative estimate of drug-likeness (QED) is 0.470. The second-order valence-electron chi connectivity index (χ2n) is 9.69. The third-order valence-corrected chi connectivity index (χ3v) is 8.64. The summed E-state index contributed by atoms with van der Waals surface area (Å²) < 4.78 is 35.0. The van der Waals surface area contributed by atoms with E-state index in [0.717, 1.165) is 5.56 Å². The number of nitrogens with zero attached hydrogens (tertiary/aromatic N) is 2. The van der Waals surface area contributed by atoms with Gasteiger partial charge < -0.3 is 20.1 Å². The lowest BCUT2D eigenvalue weighted by Gasteiger charge is -2.37. The maximum absolute atomic E-state index is 13.7. The summed E-state index contributed by atoms with van der Waals surface area (Å²) in [6, 6.07) is 22.4. The Morgan fingerprint density at radius 1 is 1.08 bits per heavy atom. The SMILES string of the molecule is C[C@H](CO)N1C[C@H](C)[C@@H](CN(C)C(=O)Nc2ccccc2)Oc2cc(C#Cc3ccccc3)ccc2S1(=O)=O. The van der Waals surface area contributed by atoms with Crippen LogP contribution in [0.3, 0.4) is 0 Å². The van der Waals surface area contributed by atoms with E-state index in [1.165, 1.54) is 15.3 Å². The zero-order chi connectivity index (χ0) is 28.0. The molecule has 3 atom stereocenters. The molecule has 4 rings (SSSR count). The van der Waals surface area contributed by atoms with Gasteiger partial charge in [0.15, 0.2) is 0 Å². The number of amides is 2. The number of carbonyl (C=O) groups excluding carboxylic acids is 1. The fourth-order valence-electron chi connectivity index (χ4n) is 4.28. The van der Waals surface area contributed by atoms with Gasteiger partial charge in [0.25, 0.3) is 0 Å². The molecule has 3 aromatic carbocycles. The van der Waals surface area contributed by atoms with Crippen molar-refractivity contribution in [3.63, 3.8) is 0 Å². The molecule has 2 amide bonds. The monoisotopic (exact) mass is 547 g/mol. The summed E-state index contributed by atoms with van der Waals surface area (Å²) in [5, 5.41) is 12.7. The number of sulfonamides is 1. The van der Waals surface area contributed by atoms with Crippen molar-refractivity contribution >= 4 is 21.7 Å². The van der Waals surface area contributed by atoms with Gasteiger partial charge in [-0.2, -0.15) is 4.31 Å². The lowest BCUT2D eigenvalue weighted by Crippen LogP contribution is -2.50. The van der Waals surface area contributed by atoms with E-state index in [4.69, 9.17) is 4.74 Å². The molecule has 1 heterocycles. The standard InChI is InChI=1S/C30H33N3O5S/c1-22-19-33(23(2)21-34)39(36,37)29-17-16-25(15-14-24-10-6-4-7-11-24)18-27(29)38-28(22)20-32(3)30(35)31-26-12-8-5-9-13-26/h4-13,16-18,22-23,28,34H,19-21H2,1-3H3,(H,31,35)/t22-,23+,28+/m0/s1. The van der Waals surface area contributed by atoms with Crippen LogP contribution in [0.25, 0.3) is 0 Å². The number of hydrogen-bond acceptors (Lipinski definition) is 5. The van der Waals surface area contributed by atoms with Gasteiger partial charge in [-0.3, -0.25) is 0 Å². The van der Waals surface area contributed by atoms with Crippen molar-refractivity contribution < 1.29 is 23.1 Å². The lowest BCUT2D eigenvalue weighted by atomic mass is 10.0. The topological polar surface area (TPSA) is 99.2 Å². The number of benzene rings is 3. The fourth-order valence-corrected chi connectivity index (χ4v) is 6.11. The van der Waals surface area contributed by atoms with Crippen molar-refractivity contribution in [3.05, 3.63) is 90.0 Å². The van der Waals surface area contributed by atoms with Crippen LogP contribution in [-0.4, -0.2) is 67.7 Å². The number of ether oxygens (including phenoxy) is 1. The minimum absolute atomic E-state index is 0.00125. The Balaban J connectivity index is 1.67. The van der Waals surface area contributed by atoms with Crippen molar-refractivity contribution in [2.24, 2.45) is 5.92 Å². The van der Waals surface area contributed by atoms with Gasteiger partial charge in [-0.15, -0.1) is 0 Å². The first-order valence-corrected chi connectivity index (χ1v) is 14.2. The minimum atomic E-state index is -3.97. The molecule has 1 aliphatic heterocycles. The second kappa shape index (κ2) is 12.3. The van der Waals surface area contributed by atoms with E-state index < -0.39 is 22.2 Å². The number of hydrogen-bond donors (Lipinski definition) is 2. The average Bonchev–Trinajstić information content (AvgIpc) is 2.94. The van der Waals surface area contributed by atoms with Gasteiger partial charge in [-0.1, -0.05) is 55.2 Å². The predicted molar refractivity (Wildman–Crippen MR) is 151 cm³/mol. The number of nitrogens with one attached hydrogen (secondary N) is 1. The Hall–Kier alpha value is -3.84. The van der Waals surface area contributed by atoms with Crippen LogP contribution >= 0.6 is 0 Å². The van der Waals surface area contributed by atoms with Crippen molar-refractivity contribution in [3.8, 4) is 17.6 Å². The molecule has 0 aromatic heterocycles.